The molecule has 0 N–H and O–H groups in total. The zero-order valence-corrected chi connectivity index (χ0v) is 16.7. The van der Waals surface area contributed by atoms with Crippen molar-refractivity contribution in [3.63, 3.8) is 0 Å². The Morgan fingerprint density at radius 1 is 1.24 bits per heavy atom. The second-order valence-electron chi connectivity index (χ2n) is 8.24. The number of thiazole rings is 1. The van der Waals surface area contributed by atoms with Gasteiger partial charge < -0.3 is 4.90 Å². The van der Waals surface area contributed by atoms with Crippen molar-refractivity contribution in [2.24, 2.45) is 0 Å². The first-order valence-electron chi connectivity index (χ1n) is 9.06. The Labute approximate surface area is 155 Å². The summed E-state index contributed by atoms with van der Waals surface area (Å²) in [5.74, 6) is 0.201. The molecule has 1 saturated heterocycles. The number of amides is 1. The normalized spacial score (nSPS) is 18.0. The second-order valence-corrected chi connectivity index (χ2v) is 9.10. The lowest BCUT2D eigenvalue weighted by Gasteiger charge is -2.25. The molecule has 1 unspecified atom stereocenters. The minimum atomic E-state index is 0.0429. The highest BCUT2D eigenvalue weighted by molar-refractivity contribution is 7.09. The van der Waals surface area contributed by atoms with Crippen LogP contribution in [0.25, 0.3) is 0 Å². The van der Waals surface area contributed by atoms with E-state index in [1.54, 1.807) is 11.3 Å². The predicted molar refractivity (Wildman–Crippen MR) is 104 cm³/mol. The molecule has 4 heteroatoms. The Kier molecular flexibility index (Phi) is 5.01. The van der Waals surface area contributed by atoms with Gasteiger partial charge in [-0.05, 0) is 32.3 Å². The Balaban J connectivity index is 1.76. The summed E-state index contributed by atoms with van der Waals surface area (Å²) in [5, 5.41) is 3.14. The average Bonchev–Trinajstić information content (AvgIpc) is 3.14. The average molecular weight is 357 g/mol. The summed E-state index contributed by atoms with van der Waals surface area (Å²) in [7, 11) is 0. The van der Waals surface area contributed by atoms with Gasteiger partial charge in [-0.25, -0.2) is 4.98 Å². The van der Waals surface area contributed by atoms with E-state index < -0.39 is 0 Å². The van der Waals surface area contributed by atoms with Gasteiger partial charge in [0.1, 0.15) is 0 Å². The van der Waals surface area contributed by atoms with E-state index in [0.717, 1.165) is 30.1 Å². The molecule has 134 valence electrons. The van der Waals surface area contributed by atoms with Gasteiger partial charge in [0.15, 0.2) is 0 Å². The fourth-order valence-electron chi connectivity index (χ4n) is 3.60. The molecule has 3 nitrogen and oxygen atoms in total. The molecule has 1 amide bonds. The number of aryl methyl sites for hydroxylation is 2. The number of aromatic nitrogens is 1. The molecule has 1 atom stereocenters. The quantitative estimate of drug-likeness (QED) is 0.778. The van der Waals surface area contributed by atoms with Crippen molar-refractivity contribution in [1.29, 1.82) is 0 Å². The van der Waals surface area contributed by atoms with Crippen LogP contribution in [0.4, 0.5) is 0 Å². The highest BCUT2D eigenvalue weighted by Gasteiger charge is 2.30. The lowest BCUT2D eigenvalue weighted by atomic mass is 9.98. The van der Waals surface area contributed by atoms with E-state index in [4.69, 9.17) is 0 Å². The Morgan fingerprint density at radius 2 is 1.92 bits per heavy atom. The number of carbonyl (C=O) groups excluding carboxylic acids is 1. The summed E-state index contributed by atoms with van der Waals surface area (Å²) in [6.45, 7) is 11.6. The smallest absolute Gasteiger partial charge is 0.229 e. The first kappa shape index (κ1) is 18.1. The third-order valence-electron chi connectivity index (χ3n) is 4.73. The highest BCUT2D eigenvalue weighted by atomic mass is 32.1. The lowest BCUT2D eigenvalue weighted by Crippen LogP contribution is -2.32. The summed E-state index contributed by atoms with van der Waals surface area (Å²) < 4.78 is 0. The zero-order chi connectivity index (χ0) is 18.2. The maximum atomic E-state index is 12.9. The molecule has 2 aromatic rings. The van der Waals surface area contributed by atoms with E-state index in [1.165, 1.54) is 16.7 Å². The van der Waals surface area contributed by atoms with E-state index in [-0.39, 0.29) is 17.4 Å². The summed E-state index contributed by atoms with van der Waals surface area (Å²) in [6, 6.07) is 6.86. The fraction of sp³-hybridized carbons (Fsp3) is 0.524. The van der Waals surface area contributed by atoms with Gasteiger partial charge in [-0.3, -0.25) is 4.79 Å². The largest absolute Gasteiger partial charge is 0.335 e. The Hall–Kier alpha value is -1.68. The van der Waals surface area contributed by atoms with E-state index in [2.05, 4.69) is 62.7 Å². The monoisotopic (exact) mass is 356 g/mol. The molecule has 0 radical (unpaired) electrons. The van der Waals surface area contributed by atoms with Crippen molar-refractivity contribution >= 4 is 17.2 Å². The van der Waals surface area contributed by atoms with Crippen LogP contribution in [0.15, 0.2) is 23.6 Å². The molecule has 1 aliphatic heterocycles. The molecular formula is C21H28N2OS. The Morgan fingerprint density at radius 3 is 2.52 bits per heavy atom. The molecule has 0 spiro atoms. The number of hydrogen-bond donors (Lipinski definition) is 0. The minimum absolute atomic E-state index is 0.0429. The standard InChI is InChI=1S/C21H28N2OS/c1-14-9-15(2)11-16(10-14)18-7-6-8-23(18)19(24)12-17-13-25-20(22-17)21(3,4)5/h9-11,13,18H,6-8,12H2,1-5H3. The molecule has 1 aromatic heterocycles. The lowest BCUT2D eigenvalue weighted by molar-refractivity contribution is -0.131. The number of nitrogens with zero attached hydrogens (tertiary/aromatic N) is 2. The first-order chi connectivity index (χ1) is 11.7. The summed E-state index contributed by atoms with van der Waals surface area (Å²) in [6.07, 6.45) is 2.54. The molecule has 1 aromatic carbocycles. The minimum Gasteiger partial charge on any atom is -0.335 e. The van der Waals surface area contributed by atoms with E-state index >= 15 is 0 Å². The first-order valence-corrected chi connectivity index (χ1v) is 9.94. The van der Waals surface area contributed by atoms with Gasteiger partial charge in [-0.15, -0.1) is 11.3 Å². The van der Waals surface area contributed by atoms with Crippen molar-refractivity contribution in [1.82, 2.24) is 9.88 Å². The maximum absolute atomic E-state index is 12.9. The van der Waals surface area contributed by atoms with E-state index in [9.17, 15) is 4.79 Å². The van der Waals surface area contributed by atoms with E-state index in [0.29, 0.717) is 6.42 Å². The molecule has 25 heavy (non-hydrogen) atoms. The van der Waals surface area contributed by atoms with Crippen LogP contribution in [-0.2, 0) is 16.6 Å². The molecule has 1 fully saturated rings. The number of carbonyl (C=O) groups is 1. The van der Waals surface area contributed by atoms with Crippen molar-refractivity contribution in [2.45, 2.75) is 65.3 Å². The summed E-state index contributed by atoms with van der Waals surface area (Å²) in [4.78, 5) is 19.7. The van der Waals surface area contributed by atoms with Gasteiger partial charge in [0.25, 0.3) is 0 Å². The summed E-state index contributed by atoms with van der Waals surface area (Å²) in [5.41, 5.74) is 4.76. The number of hydrogen-bond acceptors (Lipinski definition) is 3. The third kappa shape index (κ3) is 4.12. The number of benzene rings is 1. The van der Waals surface area contributed by atoms with E-state index in [1.807, 2.05) is 5.38 Å². The Bertz CT molecular complexity index is 752. The van der Waals surface area contributed by atoms with Crippen LogP contribution in [0.2, 0.25) is 0 Å². The third-order valence-corrected chi connectivity index (χ3v) is 6.04. The van der Waals surface area contributed by atoms with Crippen LogP contribution >= 0.6 is 11.3 Å². The number of likely N-dealkylation sites (tertiary alicyclic amines) is 1. The highest BCUT2D eigenvalue weighted by Crippen LogP contribution is 2.33. The topological polar surface area (TPSA) is 33.2 Å². The molecule has 1 aliphatic rings. The van der Waals surface area contributed by atoms with Crippen molar-refractivity contribution in [2.75, 3.05) is 6.54 Å². The number of rotatable bonds is 3. The van der Waals surface area contributed by atoms with Crippen LogP contribution in [-0.4, -0.2) is 22.3 Å². The molecule has 3 rings (SSSR count). The molecular weight excluding hydrogens is 328 g/mol. The molecule has 0 aliphatic carbocycles. The SMILES string of the molecule is Cc1cc(C)cc(C2CCCN2C(=O)Cc2csc(C(C)(C)C)n2)c1. The maximum Gasteiger partial charge on any atom is 0.229 e. The van der Waals surface area contributed by atoms with Crippen LogP contribution < -0.4 is 0 Å². The van der Waals surface area contributed by atoms with Crippen LogP contribution in [0.5, 0.6) is 0 Å². The molecule has 2 heterocycles. The van der Waals surface area contributed by atoms with Gasteiger partial charge in [0.2, 0.25) is 5.91 Å². The fourth-order valence-corrected chi connectivity index (χ4v) is 4.51. The predicted octanol–water partition coefficient (Wildman–Crippen LogP) is 4.96. The molecule has 0 saturated carbocycles. The van der Waals surface area contributed by atoms with Crippen molar-refractivity contribution in [3.8, 4) is 0 Å². The van der Waals surface area contributed by atoms with Gasteiger partial charge >= 0.3 is 0 Å². The van der Waals surface area contributed by atoms with Crippen LogP contribution in [0, 0.1) is 13.8 Å². The van der Waals surface area contributed by atoms with Gasteiger partial charge in [-0.1, -0.05) is 50.1 Å². The van der Waals surface area contributed by atoms with Crippen molar-refractivity contribution < 1.29 is 4.79 Å². The molecule has 0 bridgehead atoms. The van der Waals surface area contributed by atoms with Crippen LogP contribution in [0.3, 0.4) is 0 Å². The van der Waals surface area contributed by atoms with Crippen molar-refractivity contribution in [3.05, 3.63) is 51.0 Å². The van der Waals surface area contributed by atoms with Crippen LogP contribution in [0.1, 0.15) is 67.0 Å². The second kappa shape index (κ2) is 6.91. The van der Waals surface area contributed by atoms with Gasteiger partial charge in [0, 0.05) is 17.3 Å². The zero-order valence-electron chi connectivity index (χ0n) is 15.9. The summed E-state index contributed by atoms with van der Waals surface area (Å²) >= 11 is 1.66. The van der Waals surface area contributed by atoms with Gasteiger partial charge in [0.05, 0.1) is 23.2 Å². The van der Waals surface area contributed by atoms with Gasteiger partial charge in [-0.2, -0.15) is 0 Å².